The van der Waals surface area contributed by atoms with Crippen LogP contribution in [0.5, 0.6) is 0 Å². The van der Waals surface area contributed by atoms with Crippen molar-refractivity contribution in [3.05, 3.63) is 70.8 Å². The van der Waals surface area contributed by atoms with Gasteiger partial charge in [-0.3, -0.25) is 19.6 Å². The van der Waals surface area contributed by atoms with Crippen LogP contribution >= 0.6 is 0 Å². The lowest BCUT2D eigenvalue weighted by Gasteiger charge is -2.21. The normalized spacial score (nSPS) is 16.2. The topological polar surface area (TPSA) is 84.0 Å². The Bertz CT molecular complexity index is 1230. The number of amides is 2. The van der Waals surface area contributed by atoms with Gasteiger partial charge in [-0.05, 0) is 59.4 Å². The summed E-state index contributed by atoms with van der Waals surface area (Å²) in [6.45, 7) is 9.13. The van der Waals surface area contributed by atoms with Gasteiger partial charge in [0, 0.05) is 48.5 Å². The summed E-state index contributed by atoms with van der Waals surface area (Å²) in [6, 6.07) is 9.95. The van der Waals surface area contributed by atoms with Gasteiger partial charge in [-0.25, -0.2) is 0 Å². The third-order valence-electron chi connectivity index (χ3n) is 6.83. The molecule has 1 aromatic carbocycles. The van der Waals surface area contributed by atoms with Crippen LogP contribution in [0.4, 0.5) is 0 Å². The van der Waals surface area contributed by atoms with E-state index in [1.807, 2.05) is 30.6 Å². The van der Waals surface area contributed by atoms with Crippen molar-refractivity contribution in [2.75, 3.05) is 13.6 Å². The number of likely N-dealkylation sites (N-methyl/N-ethyl adjacent to an activating group) is 1. The van der Waals surface area contributed by atoms with E-state index in [1.165, 1.54) is 5.56 Å². The molecule has 6 nitrogen and oxygen atoms in total. The van der Waals surface area contributed by atoms with Crippen molar-refractivity contribution in [1.29, 1.82) is 0 Å². The first kappa shape index (κ1) is 23.9. The number of carbonyl (C=O) groups is 2. The number of rotatable bonds is 6. The first-order valence-electron chi connectivity index (χ1n) is 12.1. The number of aryl methyl sites for hydroxylation is 1. The second-order valence-corrected chi connectivity index (χ2v) is 10.3. The lowest BCUT2D eigenvalue weighted by molar-refractivity contribution is -0.122. The molecule has 2 amide bonds. The van der Waals surface area contributed by atoms with Gasteiger partial charge in [0.05, 0.1) is 11.6 Å². The molecule has 0 saturated carbocycles. The van der Waals surface area contributed by atoms with Gasteiger partial charge in [-0.15, -0.1) is 0 Å². The zero-order valence-electron chi connectivity index (χ0n) is 20.7. The highest BCUT2D eigenvalue weighted by Crippen LogP contribution is 2.33. The number of nitrogens with one attached hydrogen (secondary N) is 2. The minimum atomic E-state index is -0.159. The van der Waals surface area contributed by atoms with Crippen LogP contribution in [-0.4, -0.2) is 35.4 Å². The molecule has 0 saturated heterocycles. The quantitative estimate of drug-likeness (QED) is 0.564. The SMILES string of the molecule is CNC(=O)[C@@H]1CCc2ccc(C(C)CCNC(=O)c3ccc4cncc(C(C)(C)C)c4c3)nc21. The molecule has 2 heterocycles. The van der Waals surface area contributed by atoms with E-state index in [1.54, 1.807) is 7.05 Å². The first-order valence-corrected chi connectivity index (χ1v) is 12.1. The van der Waals surface area contributed by atoms with Gasteiger partial charge < -0.3 is 10.6 Å². The zero-order chi connectivity index (χ0) is 24.5. The average molecular weight is 459 g/mol. The Labute approximate surface area is 201 Å². The van der Waals surface area contributed by atoms with Crippen molar-refractivity contribution in [2.24, 2.45) is 0 Å². The fourth-order valence-electron chi connectivity index (χ4n) is 4.73. The molecule has 1 unspecified atom stereocenters. The molecule has 2 atom stereocenters. The molecule has 1 aliphatic rings. The molecule has 1 aliphatic carbocycles. The van der Waals surface area contributed by atoms with Gasteiger partial charge in [0.1, 0.15) is 0 Å². The Kier molecular flexibility index (Phi) is 6.69. The fourth-order valence-corrected chi connectivity index (χ4v) is 4.73. The van der Waals surface area contributed by atoms with Crippen LogP contribution in [0.1, 0.15) is 85.2 Å². The van der Waals surface area contributed by atoms with E-state index in [0.717, 1.165) is 47.0 Å². The van der Waals surface area contributed by atoms with Crippen LogP contribution in [0.15, 0.2) is 42.7 Å². The smallest absolute Gasteiger partial charge is 0.251 e. The molecule has 0 aliphatic heterocycles. The first-order chi connectivity index (χ1) is 16.2. The third-order valence-corrected chi connectivity index (χ3v) is 6.83. The monoisotopic (exact) mass is 458 g/mol. The van der Waals surface area contributed by atoms with E-state index in [2.05, 4.69) is 55.4 Å². The molecule has 2 aromatic heterocycles. The molecule has 0 radical (unpaired) electrons. The fraction of sp³-hybridized carbons (Fsp3) is 0.429. The molecule has 3 aromatic rings. The maximum atomic E-state index is 12.9. The Hall–Kier alpha value is -3.28. The van der Waals surface area contributed by atoms with E-state index in [4.69, 9.17) is 4.98 Å². The minimum Gasteiger partial charge on any atom is -0.359 e. The molecule has 4 rings (SSSR count). The number of carbonyl (C=O) groups excluding carboxylic acids is 2. The maximum absolute atomic E-state index is 12.9. The van der Waals surface area contributed by atoms with Crippen LogP contribution in [0.25, 0.3) is 10.8 Å². The number of nitrogens with zero attached hydrogens (tertiary/aromatic N) is 2. The summed E-state index contributed by atoms with van der Waals surface area (Å²) in [5, 5.41) is 7.92. The van der Waals surface area contributed by atoms with Gasteiger partial charge >= 0.3 is 0 Å². The van der Waals surface area contributed by atoms with E-state index < -0.39 is 0 Å². The Morgan fingerprint density at radius 2 is 1.94 bits per heavy atom. The van der Waals surface area contributed by atoms with Gasteiger partial charge in [0.2, 0.25) is 5.91 Å². The molecular formula is C28H34N4O2. The molecule has 0 fully saturated rings. The number of fused-ring (bicyclic) bond motifs is 2. The Morgan fingerprint density at radius 3 is 2.68 bits per heavy atom. The highest BCUT2D eigenvalue weighted by Gasteiger charge is 2.30. The summed E-state index contributed by atoms with van der Waals surface area (Å²) in [6.07, 6.45) is 6.21. The summed E-state index contributed by atoms with van der Waals surface area (Å²) < 4.78 is 0. The number of pyridine rings is 2. The lowest BCUT2D eigenvalue weighted by Crippen LogP contribution is -2.26. The second kappa shape index (κ2) is 9.53. The average Bonchev–Trinajstić information content (AvgIpc) is 3.25. The Balaban J connectivity index is 1.42. The van der Waals surface area contributed by atoms with Crippen LogP contribution in [0, 0.1) is 0 Å². The van der Waals surface area contributed by atoms with Gasteiger partial charge in [-0.1, -0.05) is 39.8 Å². The minimum absolute atomic E-state index is 0.0316. The van der Waals surface area contributed by atoms with Crippen molar-refractivity contribution in [3.8, 4) is 0 Å². The molecule has 0 spiro atoms. The van der Waals surface area contributed by atoms with Crippen molar-refractivity contribution in [3.63, 3.8) is 0 Å². The molecule has 178 valence electrons. The van der Waals surface area contributed by atoms with Gasteiger partial charge in [0.15, 0.2) is 0 Å². The standard InChI is InChI=1S/C28H34N4O2/c1-17(24-11-9-18-8-10-21(25(18)32-24)27(34)29-5)12-13-31-26(33)19-6-7-20-15-30-16-23(22(20)14-19)28(2,3)4/h6-7,9,11,14-17,21H,8,10,12-13H2,1-5H3,(H,29,34)(H,31,33)/t17?,21-/m1/s1. The molecular weight excluding hydrogens is 424 g/mol. The van der Waals surface area contributed by atoms with Gasteiger partial charge in [-0.2, -0.15) is 0 Å². The number of hydrogen-bond donors (Lipinski definition) is 2. The highest BCUT2D eigenvalue weighted by molar-refractivity contribution is 5.99. The molecule has 2 N–H and O–H groups in total. The van der Waals surface area contributed by atoms with Crippen molar-refractivity contribution in [2.45, 2.75) is 64.2 Å². The summed E-state index contributed by atoms with van der Waals surface area (Å²) in [5.74, 6) is -0.0314. The van der Waals surface area contributed by atoms with E-state index in [-0.39, 0.29) is 29.1 Å². The predicted molar refractivity (Wildman–Crippen MR) is 135 cm³/mol. The number of hydrogen-bond acceptors (Lipinski definition) is 4. The van der Waals surface area contributed by atoms with Crippen LogP contribution in [0.3, 0.4) is 0 Å². The van der Waals surface area contributed by atoms with E-state index in [9.17, 15) is 9.59 Å². The second-order valence-electron chi connectivity index (χ2n) is 10.3. The summed E-state index contributed by atoms with van der Waals surface area (Å²) in [4.78, 5) is 34.3. The largest absolute Gasteiger partial charge is 0.359 e. The van der Waals surface area contributed by atoms with Crippen molar-refractivity contribution < 1.29 is 9.59 Å². The van der Waals surface area contributed by atoms with Crippen molar-refractivity contribution >= 4 is 22.6 Å². The summed E-state index contributed by atoms with van der Waals surface area (Å²) >= 11 is 0. The third kappa shape index (κ3) is 4.81. The van der Waals surface area contributed by atoms with Crippen LogP contribution < -0.4 is 10.6 Å². The summed E-state index contributed by atoms with van der Waals surface area (Å²) in [5.41, 5.74) is 4.77. The lowest BCUT2D eigenvalue weighted by atomic mass is 9.85. The van der Waals surface area contributed by atoms with Crippen LogP contribution in [0.2, 0.25) is 0 Å². The van der Waals surface area contributed by atoms with Crippen LogP contribution in [-0.2, 0) is 16.6 Å². The number of benzene rings is 1. The Morgan fingerprint density at radius 1 is 1.15 bits per heavy atom. The van der Waals surface area contributed by atoms with Gasteiger partial charge in [0.25, 0.3) is 5.91 Å². The molecule has 0 bridgehead atoms. The number of aromatic nitrogens is 2. The molecule has 6 heteroatoms. The zero-order valence-corrected chi connectivity index (χ0v) is 20.7. The van der Waals surface area contributed by atoms with E-state index >= 15 is 0 Å². The summed E-state index contributed by atoms with van der Waals surface area (Å²) in [7, 11) is 1.67. The predicted octanol–water partition coefficient (Wildman–Crippen LogP) is 4.63. The molecule has 34 heavy (non-hydrogen) atoms. The van der Waals surface area contributed by atoms with Crippen molar-refractivity contribution in [1.82, 2.24) is 20.6 Å². The highest BCUT2D eigenvalue weighted by atomic mass is 16.2. The van der Waals surface area contributed by atoms with E-state index in [0.29, 0.717) is 12.1 Å². The maximum Gasteiger partial charge on any atom is 0.251 e.